The molecule has 0 aliphatic carbocycles. The van der Waals surface area contributed by atoms with Gasteiger partial charge >= 0.3 is 0 Å². The van der Waals surface area contributed by atoms with E-state index in [1.165, 1.54) is 15.7 Å². The number of fused-ring (bicyclic) bond motifs is 1. The zero-order chi connectivity index (χ0) is 16.4. The fraction of sp³-hybridized carbons (Fsp3) is 0.118. The van der Waals surface area contributed by atoms with E-state index < -0.39 is 10.0 Å². The van der Waals surface area contributed by atoms with Crippen molar-refractivity contribution in [1.29, 1.82) is 0 Å². The van der Waals surface area contributed by atoms with E-state index in [9.17, 15) is 8.42 Å². The Morgan fingerprint density at radius 3 is 2.57 bits per heavy atom. The van der Waals surface area contributed by atoms with Gasteiger partial charge in [0.2, 0.25) is 0 Å². The van der Waals surface area contributed by atoms with Crippen LogP contribution in [-0.4, -0.2) is 23.1 Å². The van der Waals surface area contributed by atoms with Gasteiger partial charge in [-0.25, -0.2) is 17.4 Å². The van der Waals surface area contributed by atoms with Gasteiger partial charge in [0.25, 0.3) is 10.0 Å². The Kier molecular flexibility index (Phi) is 4.28. The molecule has 0 fully saturated rings. The molecule has 1 aromatic heterocycles. The van der Waals surface area contributed by atoms with E-state index in [0.29, 0.717) is 21.9 Å². The Morgan fingerprint density at radius 1 is 1.17 bits per heavy atom. The van der Waals surface area contributed by atoms with Crippen molar-refractivity contribution < 1.29 is 8.42 Å². The molecule has 118 valence electrons. The van der Waals surface area contributed by atoms with Crippen LogP contribution in [0.5, 0.6) is 0 Å². The van der Waals surface area contributed by atoms with Crippen LogP contribution in [0.4, 0.5) is 0 Å². The predicted molar refractivity (Wildman–Crippen MR) is 94.4 cm³/mol. The van der Waals surface area contributed by atoms with Crippen molar-refractivity contribution in [3.63, 3.8) is 0 Å². The number of nitrogens with zero attached hydrogens (tertiary/aromatic N) is 2. The second-order valence-corrected chi connectivity index (χ2v) is 7.84. The molecule has 4 nitrogen and oxygen atoms in total. The number of aryl methyl sites for hydroxylation is 1. The molecule has 0 aliphatic heterocycles. The number of imidazole rings is 1. The van der Waals surface area contributed by atoms with Crippen LogP contribution in [0.3, 0.4) is 0 Å². The van der Waals surface area contributed by atoms with Crippen LogP contribution in [0.1, 0.15) is 5.56 Å². The molecule has 0 atom stereocenters. The molecule has 0 bridgehead atoms. The molecular formula is C17H16N2O2S2. The highest BCUT2D eigenvalue weighted by Crippen LogP contribution is 2.29. The third kappa shape index (κ3) is 2.92. The lowest BCUT2D eigenvalue weighted by atomic mass is 10.2. The lowest BCUT2D eigenvalue weighted by Crippen LogP contribution is -2.14. The molecule has 2 aromatic carbocycles. The average Bonchev–Trinajstić information content (AvgIpc) is 2.92. The van der Waals surface area contributed by atoms with Crippen molar-refractivity contribution in [3.05, 3.63) is 66.7 Å². The summed E-state index contributed by atoms with van der Waals surface area (Å²) in [5.74, 6) is 0.590. The van der Waals surface area contributed by atoms with Crippen molar-refractivity contribution in [2.45, 2.75) is 17.0 Å². The Morgan fingerprint density at radius 2 is 1.87 bits per heavy atom. The van der Waals surface area contributed by atoms with E-state index in [4.69, 9.17) is 0 Å². The van der Waals surface area contributed by atoms with Crippen LogP contribution in [0, 0.1) is 6.92 Å². The van der Waals surface area contributed by atoms with Crippen LogP contribution < -0.4 is 0 Å². The van der Waals surface area contributed by atoms with Gasteiger partial charge in [0.1, 0.15) is 0 Å². The number of aromatic nitrogens is 2. The number of benzene rings is 2. The summed E-state index contributed by atoms with van der Waals surface area (Å²) in [5.41, 5.74) is 2.26. The van der Waals surface area contributed by atoms with Gasteiger partial charge in [0, 0.05) is 5.75 Å². The maximum atomic E-state index is 13.1. The maximum Gasteiger partial charge on any atom is 0.270 e. The summed E-state index contributed by atoms with van der Waals surface area (Å²) in [6, 6.07) is 14.1. The quantitative estimate of drug-likeness (QED) is 0.521. The second-order valence-electron chi connectivity index (χ2n) is 5.07. The number of rotatable bonds is 5. The summed E-state index contributed by atoms with van der Waals surface area (Å²) in [6.45, 7) is 5.61. The van der Waals surface area contributed by atoms with Gasteiger partial charge in [-0.2, -0.15) is 0 Å². The lowest BCUT2D eigenvalue weighted by Gasteiger charge is -2.10. The summed E-state index contributed by atoms with van der Waals surface area (Å²) in [5, 5.41) is 0.451. The Labute approximate surface area is 139 Å². The van der Waals surface area contributed by atoms with E-state index in [0.717, 1.165) is 5.56 Å². The summed E-state index contributed by atoms with van der Waals surface area (Å²) in [4.78, 5) is 4.71. The van der Waals surface area contributed by atoms with E-state index in [1.54, 1.807) is 36.4 Å². The molecule has 6 heteroatoms. The van der Waals surface area contributed by atoms with Crippen LogP contribution in [0.25, 0.3) is 11.0 Å². The zero-order valence-corrected chi connectivity index (χ0v) is 14.3. The van der Waals surface area contributed by atoms with Gasteiger partial charge in [-0.15, -0.1) is 6.58 Å². The standard InChI is InChI=1S/C17H16N2O2S2/c1-3-12-22-17-18-15-6-4-5-7-16(15)19(17)23(20,21)14-10-8-13(2)9-11-14/h3-11H,1,12H2,2H3. The molecule has 3 rings (SSSR count). The Bertz CT molecular complexity index is 958. The highest BCUT2D eigenvalue weighted by Gasteiger charge is 2.24. The minimum Gasteiger partial charge on any atom is -0.222 e. The van der Waals surface area contributed by atoms with Gasteiger partial charge in [-0.1, -0.05) is 47.7 Å². The Hall–Kier alpha value is -2.05. The van der Waals surface area contributed by atoms with Crippen molar-refractivity contribution in [2.75, 3.05) is 5.75 Å². The van der Waals surface area contributed by atoms with Crippen molar-refractivity contribution in [3.8, 4) is 0 Å². The summed E-state index contributed by atoms with van der Waals surface area (Å²) >= 11 is 1.35. The molecule has 0 N–H and O–H groups in total. The number of hydrogen-bond donors (Lipinski definition) is 0. The topological polar surface area (TPSA) is 52.0 Å². The van der Waals surface area contributed by atoms with Crippen LogP contribution in [-0.2, 0) is 10.0 Å². The molecule has 0 spiro atoms. The monoisotopic (exact) mass is 344 g/mol. The highest BCUT2D eigenvalue weighted by molar-refractivity contribution is 8.00. The Balaban J connectivity index is 2.24. The zero-order valence-electron chi connectivity index (χ0n) is 12.6. The van der Waals surface area contributed by atoms with Gasteiger partial charge in [-0.3, -0.25) is 0 Å². The molecule has 0 saturated carbocycles. The fourth-order valence-corrected chi connectivity index (χ4v) is 4.70. The minimum absolute atomic E-state index is 0.256. The molecule has 3 aromatic rings. The first kappa shape index (κ1) is 15.8. The fourth-order valence-electron chi connectivity index (χ4n) is 2.25. The minimum atomic E-state index is -3.70. The SMILES string of the molecule is C=CCSc1nc2ccccc2n1S(=O)(=O)c1ccc(C)cc1. The van der Waals surface area contributed by atoms with Gasteiger partial charge in [0.05, 0.1) is 15.9 Å². The predicted octanol–water partition coefficient (Wildman–Crippen LogP) is 3.86. The van der Waals surface area contributed by atoms with Crippen LogP contribution >= 0.6 is 11.8 Å². The number of thioether (sulfide) groups is 1. The lowest BCUT2D eigenvalue weighted by molar-refractivity contribution is 0.584. The first-order valence-electron chi connectivity index (χ1n) is 7.07. The van der Waals surface area contributed by atoms with Gasteiger partial charge in [0.15, 0.2) is 5.16 Å². The number of para-hydroxylation sites is 2. The van der Waals surface area contributed by atoms with E-state index >= 15 is 0 Å². The van der Waals surface area contributed by atoms with E-state index in [-0.39, 0.29) is 4.90 Å². The molecule has 0 aliphatic rings. The summed E-state index contributed by atoms with van der Waals surface area (Å²) in [6.07, 6.45) is 1.73. The molecule has 0 amide bonds. The molecule has 0 unspecified atom stereocenters. The van der Waals surface area contributed by atoms with Crippen molar-refractivity contribution >= 4 is 32.8 Å². The summed E-state index contributed by atoms with van der Waals surface area (Å²) < 4.78 is 27.5. The molecule has 0 saturated heterocycles. The molecular weight excluding hydrogens is 328 g/mol. The molecule has 23 heavy (non-hydrogen) atoms. The van der Waals surface area contributed by atoms with Crippen molar-refractivity contribution in [1.82, 2.24) is 8.96 Å². The van der Waals surface area contributed by atoms with E-state index in [1.807, 2.05) is 25.1 Å². The molecule has 1 heterocycles. The van der Waals surface area contributed by atoms with Gasteiger partial charge in [-0.05, 0) is 31.2 Å². The smallest absolute Gasteiger partial charge is 0.222 e. The van der Waals surface area contributed by atoms with Crippen molar-refractivity contribution in [2.24, 2.45) is 0 Å². The largest absolute Gasteiger partial charge is 0.270 e. The number of hydrogen-bond acceptors (Lipinski definition) is 4. The van der Waals surface area contributed by atoms with Crippen LogP contribution in [0.15, 0.2) is 71.2 Å². The molecule has 0 radical (unpaired) electrons. The third-order valence-corrected chi connectivity index (χ3v) is 6.15. The second kappa shape index (κ2) is 6.22. The third-order valence-electron chi connectivity index (χ3n) is 3.38. The average molecular weight is 344 g/mol. The van der Waals surface area contributed by atoms with E-state index in [2.05, 4.69) is 11.6 Å². The van der Waals surface area contributed by atoms with Gasteiger partial charge < -0.3 is 0 Å². The van der Waals surface area contributed by atoms with Crippen LogP contribution in [0.2, 0.25) is 0 Å². The normalized spacial score (nSPS) is 11.7. The summed E-state index contributed by atoms with van der Waals surface area (Å²) in [7, 11) is -3.70. The highest BCUT2D eigenvalue weighted by atomic mass is 32.2. The first-order valence-corrected chi connectivity index (χ1v) is 9.50. The maximum absolute atomic E-state index is 13.1. The first-order chi connectivity index (χ1) is 11.0.